The topological polar surface area (TPSA) is 81.0 Å². The third-order valence-corrected chi connectivity index (χ3v) is 2.17. The summed E-state index contributed by atoms with van der Waals surface area (Å²) in [6.07, 6.45) is 3.74. The fourth-order valence-electron chi connectivity index (χ4n) is 1.28. The van der Waals surface area contributed by atoms with Crippen LogP contribution in [0.3, 0.4) is 0 Å². The van der Waals surface area contributed by atoms with Gasteiger partial charge in [0.25, 0.3) is 0 Å². The smallest absolute Gasteiger partial charge is 0.490 e. The fourth-order valence-corrected chi connectivity index (χ4v) is 1.28. The summed E-state index contributed by atoms with van der Waals surface area (Å²) in [5.74, 6) is 0.487. The Labute approximate surface area is 107 Å². The van der Waals surface area contributed by atoms with Gasteiger partial charge < -0.3 is 24.3 Å². The van der Waals surface area contributed by atoms with Gasteiger partial charge in [0, 0.05) is 32.0 Å². The van der Waals surface area contributed by atoms with E-state index in [1.54, 1.807) is 7.11 Å². The first-order valence-electron chi connectivity index (χ1n) is 5.74. The van der Waals surface area contributed by atoms with E-state index >= 15 is 0 Å². The van der Waals surface area contributed by atoms with E-state index in [0.717, 1.165) is 6.42 Å². The Kier molecular flexibility index (Phi) is 7.35. The highest BCUT2D eigenvalue weighted by Crippen LogP contribution is 2.04. The highest BCUT2D eigenvalue weighted by molar-refractivity contribution is 6.58. The van der Waals surface area contributed by atoms with Gasteiger partial charge in [-0.15, -0.1) is 0 Å². The van der Waals surface area contributed by atoms with Gasteiger partial charge in [-0.1, -0.05) is 0 Å². The van der Waals surface area contributed by atoms with Gasteiger partial charge in [0.15, 0.2) is 0 Å². The molecule has 0 aliphatic carbocycles. The number of hydrogen-bond acceptors (Lipinski definition) is 6. The number of ether oxygens (including phenoxy) is 3. The minimum Gasteiger partial charge on any atom is -0.490 e. The van der Waals surface area contributed by atoms with E-state index in [0.29, 0.717) is 37.6 Å². The van der Waals surface area contributed by atoms with E-state index in [1.165, 1.54) is 18.5 Å². The summed E-state index contributed by atoms with van der Waals surface area (Å²) in [5.41, 5.74) is 0.300. The van der Waals surface area contributed by atoms with Crippen LogP contribution in [0.25, 0.3) is 0 Å². The Bertz CT molecular complexity index is 337. The quantitative estimate of drug-likeness (QED) is 0.444. The van der Waals surface area contributed by atoms with Crippen molar-refractivity contribution in [2.45, 2.75) is 6.42 Å². The lowest BCUT2D eigenvalue weighted by Gasteiger charge is -2.08. The fraction of sp³-hybridized carbons (Fsp3) is 0.545. The zero-order chi connectivity index (χ0) is 13.2. The number of methoxy groups -OCH3 is 1. The third-order valence-electron chi connectivity index (χ3n) is 2.17. The summed E-state index contributed by atoms with van der Waals surface area (Å²) in [5, 5.41) is 17.9. The van der Waals surface area contributed by atoms with Crippen LogP contribution in [-0.2, 0) is 9.47 Å². The van der Waals surface area contributed by atoms with Crippen LogP contribution in [0.15, 0.2) is 18.5 Å². The van der Waals surface area contributed by atoms with E-state index in [-0.39, 0.29) is 0 Å². The second-order valence-corrected chi connectivity index (χ2v) is 3.63. The Morgan fingerprint density at radius 2 is 2.00 bits per heavy atom. The lowest BCUT2D eigenvalue weighted by molar-refractivity contribution is 0.0806. The lowest BCUT2D eigenvalue weighted by atomic mass is 9.82. The maximum Gasteiger partial charge on any atom is 0.490 e. The Morgan fingerprint density at radius 1 is 1.17 bits per heavy atom. The molecule has 0 aliphatic heterocycles. The predicted octanol–water partition coefficient (Wildman–Crippen LogP) is -0.807. The van der Waals surface area contributed by atoms with Crippen molar-refractivity contribution in [3.63, 3.8) is 0 Å². The molecule has 0 aliphatic rings. The molecular weight excluding hydrogens is 237 g/mol. The molecular formula is C11H18BNO5. The van der Waals surface area contributed by atoms with Crippen LogP contribution < -0.4 is 10.2 Å². The predicted molar refractivity (Wildman–Crippen MR) is 66.9 cm³/mol. The van der Waals surface area contributed by atoms with Crippen molar-refractivity contribution in [1.29, 1.82) is 0 Å². The van der Waals surface area contributed by atoms with E-state index in [2.05, 4.69) is 4.98 Å². The molecule has 0 spiro atoms. The molecule has 0 radical (unpaired) electrons. The van der Waals surface area contributed by atoms with Crippen molar-refractivity contribution >= 4 is 12.6 Å². The van der Waals surface area contributed by atoms with Crippen LogP contribution in [0.4, 0.5) is 0 Å². The van der Waals surface area contributed by atoms with Crippen LogP contribution in [-0.4, -0.2) is 55.7 Å². The molecule has 0 bridgehead atoms. The van der Waals surface area contributed by atoms with E-state index < -0.39 is 7.12 Å². The highest BCUT2D eigenvalue weighted by Gasteiger charge is 2.11. The minimum absolute atomic E-state index is 0.300. The normalized spacial score (nSPS) is 10.4. The molecule has 6 nitrogen and oxygen atoms in total. The summed E-state index contributed by atoms with van der Waals surface area (Å²) in [6.45, 7) is 2.17. The molecule has 100 valence electrons. The zero-order valence-corrected chi connectivity index (χ0v) is 10.4. The lowest BCUT2D eigenvalue weighted by Crippen LogP contribution is -2.30. The number of rotatable bonds is 9. The molecule has 1 rings (SSSR count). The molecule has 18 heavy (non-hydrogen) atoms. The number of nitrogens with zero attached hydrogens (tertiary/aromatic N) is 1. The largest absolute Gasteiger partial charge is 0.490 e. The van der Waals surface area contributed by atoms with E-state index in [9.17, 15) is 0 Å². The van der Waals surface area contributed by atoms with Crippen molar-refractivity contribution in [3.05, 3.63) is 18.5 Å². The molecule has 0 saturated carbocycles. The molecule has 1 aromatic heterocycles. The SMILES string of the molecule is COCCCOCCOc1cncc(B(O)O)c1. The summed E-state index contributed by atoms with van der Waals surface area (Å²) in [6, 6.07) is 1.53. The third kappa shape index (κ3) is 5.97. The first-order valence-corrected chi connectivity index (χ1v) is 5.74. The second-order valence-electron chi connectivity index (χ2n) is 3.63. The number of pyridine rings is 1. The standard InChI is InChI=1S/C11H18BNO5/c1-16-3-2-4-17-5-6-18-11-7-10(12(14)15)8-13-9-11/h7-9,14-15H,2-6H2,1H3. The molecule has 0 atom stereocenters. The van der Waals surface area contributed by atoms with Gasteiger partial charge in [-0.05, 0) is 12.5 Å². The van der Waals surface area contributed by atoms with Crippen LogP contribution in [0.5, 0.6) is 5.75 Å². The van der Waals surface area contributed by atoms with Crippen LogP contribution in [0.2, 0.25) is 0 Å². The van der Waals surface area contributed by atoms with Crippen LogP contribution in [0, 0.1) is 0 Å². The minimum atomic E-state index is -1.54. The molecule has 1 aromatic rings. The first-order chi connectivity index (χ1) is 8.74. The molecule has 0 aromatic carbocycles. The number of aromatic nitrogens is 1. The second kappa shape index (κ2) is 8.88. The van der Waals surface area contributed by atoms with Gasteiger partial charge in [0.05, 0.1) is 12.8 Å². The summed E-state index contributed by atoms with van der Waals surface area (Å²) in [4.78, 5) is 3.84. The zero-order valence-electron chi connectivity index (χ0n) is 10.4. The molecule has 1 heterocycles. The maximum atomic E-state index is 8.96. The van der Waals surface area contributed by atoms with Crippen molar-refractivity contribution in [2.24, 2.45) is 0 Å². The average Bonchev–Trinajstić information content (AvgIpc) is 2.38. The summed E-state index contributed by atoms with van der Waals surface area (Å²) in [7, 11) is 0.116. The van der Waals surface area contributed by atoms with E-state index in [4.69, 9.17) is 24.3 Å². The Balaban J connectivity index is 2.17. The summed E-state index contributed by atoms with van der Waals surface area (Å²) >= 11 is 0. The molecule has 0 amide bonds. The molecule has 0 saturated heterocycles. The Morgan fingerprint density at radius 3 is 2.72 bits per heavy atom. The highest BCUT2D eigenvalue weighted by atomic mass is 16.5. The average molecular weight is 255 g/mol. The molecule has 2 N–H and O–H groups in total. The molecule has 0 fully saturated rings. The van der Waals surface area contributed by atoms with E-state index in [1.807, 2.05) is 0 Å². The Hall–Kier alpha value is -1.15. The van der Waals surface area contributed by atoms with Gasteiger partial charge >= 0.3 is 7.12 Å². The van der Waals surface area contributed by atoms with Gasteiger partial charge in [-0.25, -0.2) is 0 Å². The van der Waals surface area contributed by atoms with Crippen LogP contribution in [0.1, 0.15) is 6.42 Å². The monoisotopic (exact) mass is 255 g/mol. The molecule has 0 unspecified atom stereocenters. The van der Waals surface area contributed by atoms with Crippen molar-refractivity contribution in [1.82, 2.24) is 4.98 Å². The van der Waals surface area contributed by atoms with Gasteiger partial charge in [0.2, 0.25) is 0 Å². The molecule has 7 heteroatoms. The summed E-state index contributed by atoms with van der Waals surface area (Å²) < 4.78 is 15.6. The van der Waals surface area contributed by atoms with Crippen molar-refractivity contribution < 1.29 is 24.3 Å². The van der Waals surface area contributed by atoms with Gasteiger partial charge in [-0.2, -0.15) is 0 Å². The van der Waals surface area contributed by atoms with Gasteiger partial charge in [0.1, 0.15) is 12.4 Å². The van der Waals surface area contributed by atoms with Gasteiger partial charge in [-0.3, -0.25) is 4.98 Å². The van der Waals surface area contributed by atoms with Crippen LogP contribution >= 0.6 is 0 Å². The van der Waals surface area contributed by atoms with Crippen molar-refractivity contribution in [2.75, 3.05) is 33.5 Å². The number of hydrogen-bond donors (Lipinski definition) is 2. The maximum absolute atomic E-state index is 8.96. The first kappa shape index (κ1) is 14.9. The van der Waals surface area contributed by atoms with Crippen molar-refractivity contribution in [3.8, 4) is 5.75 Å².